The zero-order valence-corrected chi connectivity index (χ0v) is 18.0. The van der Waals surface area contributed by atoms with Crippen LogP contribution in [0, 0.1) is 11.8 Å². The maximum absolute atomic E-state index is 13.4. The molecule has 5 atom stereocenters. The number of β-amino-alcohol motifs (C(OH)–C–C–N with tert-alkyl or cyclic N) is 1. The number of rotatable bonds is 7. The first-order valence-electron chi connectivity index (χ1n) is 11.2. The molecule has 29 heavy (non-hydrogen) atoms. The summed E-state index contributed by atoms with van der Waals surface area (Å²) in [5.41, 5.74) is 0. The quantitative estimate of drug-likeness (QED) is 0.568. The Bertz CT molecular complexity index is 668. The fourth-order valence-electron chi connectivity index (χ4n) is 6.00. The molecule has 4 aliphatic rings. The van der Waals surface area contributed by atoms with Crippen molar-refractivity contribution in [2.24, 2.45) is 11.8 Å². The maximum atomic E-state index is 13.4. The molecular weight excluding hydrogens is 390 g/mol. The van der Waals surface area contributed by atoms with Crippen molar-refractivity contribution >= 4 is 29.5 Å². The Labute approximate surface area is 176 Å². The first-order chi connectivity index (χ1) is 14.0. The number of amides is 3. The van der Waals surface area contributed by atoms with Crippen molar-refractivity contribution < 1.29 is 19.5 Å². The second kappa shape index (κ2) is 8.46. The van der Waals surface area contributed by atoms with Crippen LogP contribution in [0.3, 0.4) is 0 Å². The number of likely N-dealkylation sites (tertiary alicyclic amines) is 1. The minimum atomic E-state index is -0.590. The molecule has 0 aromatic heterocycles. The first-order valence-corrected chi connectivity index (χ1v) is 12.1. The van der Waals surface area contributed by atoms with E-state index in [4.69, 9.17) is 0 Å². The third-order valence-electron chi connectivity index (χ3n) is 7.19. The van der Waals surface area contributed by atoms with Crippen LogP contribution < -0.4 is 10.6 Å². The molecule has 4 rings (SSSR count). The van der Waals surface area contributed by atoms with Crippen LogP contribution in [0.4, 0.5) is 0 Å². The van der Waals surface area contributed by atoms with Crippen LogP contribution in [-0.4, -0.2) is 69.5 Å². The average Bonchev–Trinajstić information content (AvgIpc) is 3.35. The van der Waals surface area contributed by atoms with Crippen LogP contribution in [0.25, 0.3) is 0 Å². The van der Waals surface area contributed by atoms with Crippen LogP contribution in [0.5, 0.6) is 0 Å². The molecule has 2 unspecified atom stereocenters. The molecule has 3 N–H and O–H groups in total. The van der Waals surface area contributed by atoms with Gasteiger partial charge in [-0.25, -0.2) is 0 Å². The van der Waals surface area contributed by atoms with E-state index in [0.29, 0.717) is 6.54 Å². The number of carbonyl (C=O) groups excluding carboxylic acids is 3. The largest absolute Gasteiger partial charge is 0.395 e. The zero-order valence-electron chi connectivity index (χ0n) is 17.2. The first kappa shape index (κ1) is 21.0. The van der Waals surface area contributed by atoms with Crippen molar-refractivity contribution in [3.63, 3.8) is 0 Å². The molecule has 162 valence electrons. The molecule has 0 aromatic rings. The van der Waals surface area contributed by atoms with Gasteiger partial charge in [-0.2, -0.15) is 0 Å². The molecule has 1 aliphatic carbocycles. The Morgan fingerprint density at radius 3 is 2.66 bits per heavy atom. The third kappa shape index (κ3) is 3.46. The Balaban J connectivity index is 1.60. The number of fused-ring (bicyclic) bond motifs is 1. The van der Waals surface area contributed by atoms with Crippen molar-refractivity contribution in [1.29, 1.82) is 0 Å². The average molecular weight is 424 g/mol. The standard InChI is InChI=1S/C21H33N3O4S/c1-2-10-22-18(26)15-14-8-9-21(29-14)16(15)20(28)24(11-12-25)17(21)19(27)23-13-6-4-3-5-7-13/h13-17,25H,2-12H2,1H3,(H,22,26)(H,23,27)/t14-,15+,16+,17?,21?/m1/s1. The van der Waals surface area contributed by atoms with E-state index in [1.54, 1.807) is 16.7 Å². The summed E-state index contributed by atoms with van der Waals surface area (Å²) in [6.45, 7) is 2.58. The van der Waals surface area contributed by atoms with Crippen LogP contribution in [0.1, 0.15) is 58.3 Å². The second-order valence-electron chi connectivity index (χ2n) is 8.95. The normalized spacial score (nSPS) is 36.3. The van der Waals surface area contributed by atoms with Gasteiger partial charge in [-0.15, -0.1) is 11.8 Å². The molecule has 3 aliphatic heterocycles. The molecule has 3 heterocycles. The molecule has 1 spiro atoms. The zero-order chi connectivity index (χ0) is 20.6. The van der Waals surface area contributed by atoms with Gasteiger partial charge >= 0.3 is 0 Å². The third-order valence-corrected chi connectivity index (χ3v) is 9.14. The molecule has 0 radical (unpaired) electrons. The minimum Gasteiger partial charge on any atom is -0.395 e. The molecule has 4 fully saturated rings. The molecular formula is C21H33N3O4S. The number of thioether (sulfide) groups is 1. The number of aliphatic hydroxyl groups excluding tert-OH is 1. The van der Waals surface area contributed by atoms with Gasteiger partial charge in [0, 0.05) is 24.4 Å². The van der Waals surface area contributed by atoms with Gasteiger partial charge in [0.1, 0.15) is 6.04 Å². The van der Waals surface area contributed by atoms with Gasteiger partial charge in [-0.1, -0.05) is 26.2 Å². The molecule has 1 saturated carbocycles. The van der Waals surface area contributed by atoms with Crippen molar-refractivity contribution in [2.45, 2.75) is 80.4 Å². The van der Waals surface area contributed by atoms with Gasteiger partial charge in [0.25, 0.3) is 0 Å². The van der Waals surface area contributed by atoms with E-state index in [-0.39, 0.29) is 48.1 Å². The summed E-state index contributed by atoms with van der Waals surface area (Å²) in [4.78, 5) is 41.3. The number of aliphatic hydroxyl groups is 1. The molecule has 2 bridgehead atoms. The highest BCUT2D eigenvalue weighted by atomic mass is 32.2. The van der Waals surface area contributed by atoms with Crippen molar-refractivity contribution in [3.05, 3.63) is 0 Å². The molecule has 0 aromatic carbocycles. The summed E-state index contributed by atoms with van der Waals surface area (Å²) >= 11 is 1.69. The Kier molecular flexibility index (Phi) is 6.11. The van der Waals surface area contributed by atoms with Gasteiger partial charge < -0.3 is 20.6 Å². The summed E-state index contributed by atoms with van der Waals surface area (Å²) in [7, 11) is 0. The Hall–Kier alpha value is -1.28. The smallest absolute Gasteiger partial charge is 0.244 e. The van der Waals surface area contributed by atoms with Gasteiger partial charge in [0.05, 0.1) is 23.2 Å². The van der Waals surface area contributed by atoms with Crippen LogP contribution in [-0.2, 0) is 14.4 Å². The molecule has 3 amide bonds. The summed E-state index contributed by atoms with van der Waals surface area (Å²) < 4.78 is -0.538. The maximum Gasteiger partial charge on any atom is 0.244 e. The van der Waals surface area contributed by atoms with Crippen LogP contribution in [0.15, 0.2) is 0 Å². The monoisotopic (exact) mass is 423 g/mol. The molecule has 8 heteroatoms. The highest BCUT2D eigenvalue weighted by molar-refractivity contribution is 8.02. The lowest BCUT2D eigenvalue weighted by atomic mass is 9.70. The fraction of sp³-hybridized carbons (Fsp3) is 0.857. The minimum absolute atomic E-state index is 0.0541. The molecule has 7 nitrogen and oxygen atoms in total. The topological polar surface area (TPSA) is 98.7 Å². The summed E-state index contributed by atoms with van der Waals surface area (Å²) in [5, 5.41) is 15.9. The fourth-order valence-corrected chi connectivity index (χ4v) is 8.21. The van der Waals surface area contributed by atoms with E-state index in [0.717, 1.165) is 44.9 Å². The predicted molar refractivity (Wildman–Crippen MR) is 111 cm³/mol. The summed E-state index contributed by atoms with van der Waals surface area (Å²) in [5.74, 6) is -1.11. The van der Waals surface area contributed by atoms with Gasteiger partial charge in [-0.05, 0) is 32.1 Å². The lowest BCUT2D eigenvalue weighted by Gasteiger charge is -2.35. The highest BCUT2D eigenvalue weighted by Gasteiger charge is 2.73. The Morgan fingerprint density at radius 2 is 1.97 bits per heavy atom. The van der Waals surface area contributed by atoms with Crippen molar-refractivity contribution in [3.8, 4) is 0 Å². The summed E-state index contributed by atoms with van der Waals surface area (Å²) in [6, 6.07) is -0.418. The second-order valence-corrected chi connectivity index (χ2v) is 10.5. The predicted octanol–water partition coefficient (Wildman–Crippen LogP) is 1.05. The van der Waals surface area contributed by atoms with E-state index >= 15 is 0 Å². The number of nitrogens with one attached hydrogen (secondary N) is 2. The molecule has 3 saturated heterocycles. The van der Waals surface area contributed by atoms with Gasteiger partial charge in [-0.3, -0.25) is 14.4 Å². The van der Waals surface area contributed by atoms with Gasteiger partial charge in [0.15, 0.2) is 0 Å². The lowest BCUT2D eigenvalue weighted by Crippen LogP contribution is -2.56. The van der Waals surface area contributed by atoms with Crippen LogP contribution >= 0.6 is 11.8 Å². The van der Waals surface area contributed by atoms with E-state index in [9.17, 15) is 19.5 Å². The highest BCUT2D eigenvalue weighted by Crippen LogP contribution is 2.66. The van der Waals surface area contributed by atoms with E-state index in [1.165, 1.54) is 6.42 Å². The van der Waals surface area contributed by atoms with Gasteiger partial charge in [0.2, 0.25) is 17.7 Å². The van der Waals surface area contributed by atoms with Crippen LogP contribution in [0.2, 0.25) is 0 Å². The number of hydrogen-bond donors (Lipinski definition) is 3. The lowest BCUT2D eigenvalue weighted by molar-refractivity contribution is -0.140. The van der Waals surface area contributed by atoms with Crippen molar-refractivity contribution in [2.75, 3.05) is 19.7 Å². The number of hydrogen-bond acceptors (Lipinski definition) is 5. The number of carbonyl (C=O) groups is 3. The van der Waals surface area contributed by atoms with Crippen molar-refractivity contribution in [1.82, 2.24) is 15.5 Å². The SMILES string of the molecule is CCCNC(=O)[C@@H]1[C@H]2C(=O)N(CCO)C(C(=O)NC3CCCCC3)C23CC[C@H]1S3. The van der Waals surface area contributed by atoms with E-state index in [2.05, 4.69) is 10.6 Å². The summed E-state index contributed by atoms with van der Waals surface area (Å²) in [6.07, 6.45) is 7.92. The Morgan fingerprint density at radius 1 is 1.21 bits per heavy atom. The van der Waals surface area contributed by atoms with E-state index in [1.807, 2.05) is 6.92 Å². The number of nitrogens with zero attached hydrogens (tertiary/aromatic N) is 1. The van der Waals surface area contributed by atoms with E-state index < -0.39 is 16.7 Å².